The second-order valence-corrected chi connectivity index (χ2v) is 6.95. The zero-order valence-corrected chi connectivity index (χ0v) is 17.1. The van der Waals surface area contributed by atoms with Crippen LogP contribution in [0.4, 0.5) is 0 Å². The SMILES string of the molecule is COCC(=O)N1CCC(Oc2ccc(C(=O)NCCOc3cccnc3)cc2)CC1. The molecule has 0 bridgehead atoms. The summed E-state index contributed by atoms with van der Waals surface area (Å²) in [7, 11) is 1.52. The van der Waals surface area contributed by atoms with Gasteiger partial charge in [-0.25, -0.2) is 0 Å². The number of carbonyl (C=O) groups is 2. The van der Waals surface area contributed by atoms with E-state index >= 15 is 0 Å². The Kier molecular flexibility index (Phi) is 8.02. The fourth-order valence-corrected chi connectivity index (χ4v) is 3.18. The minimum Gasteiger partial charge on any atom is -0.490 e. The molecule has 0 atom stereocenters. The average Bonchev–Trinajstić information content (AvgIpc) is 2.78. The predicted octanol–water partition coefficient (Wildman–Crippen LogP) is 1.91. The third-order valence-corrected chi connectivity index (χ3v) is 4.77. The van der Waals surface area contributed by atoms with Crippen molar-refractivity contribution in [2.75, 3.05) is 40.0 Å². The Morgan fingerprint density at radius 3 is 2.57 bits per heavy atom. The molecule has 2 amide bonds. The molecule has 3 rings (SSSR count). The number of ether oxygens (including phenoxy) is 3. The van der Waals surface area contributed by atoms with E-state index in [1.807, 2.05) is 6.07 Å². The first kappa shape index (κ1) is 21.6. The lowest BCUT2D eigenvalue weighted by Gasteiger charge is -2.32. The lowest BCUT2D eigenvalue weighted by atomic mass is 10.1. The average molecular weight is 413 g/mol. The summed E-state index contributed by atoms with van der Waals surface area (Å²) in [5, 5.41) is 2.82. The summed E-state index contributed by atoms with van der Waals surface area (Å²) in [6, 6.07) is 10.7. The Bertz CT molecular complexity index is 805. The molecule has 2 heterocycles. The third kappa shape index (κ3) is 6.45. The van der Waals surface area contributed by atoms with Crippen molar-refractivity contribution in [2.24, 2.45) is 0 Å². The van der Waals surface area contributed by atoms with Gasteiger partial charge in [-0.1, -0.05) is 0 Å². The van der Waals surface area contributed by atoms with Crippen molar-refractivity contribution >= 4 is 11.8 Å². The van der Waals surface area contributed by atoms with Crippen LogP contribution in [-0.4, -0.2) is 67.8 Å². The quantitative estimate of drug-likeness (QED) is 0.632. The first-order chi connectivity index (χ1) is 14.7. The topological polar surface area (TPSA) is 90.0 Å². The number of likely N-dealkylation sites (tertiary alicyclic amines) is 1. The van der Waals surface area contributed by atoms with E-state index in [1.54, 1.807) is 47.6 Å². The number of benzene rings is 1. The number of amides is 2. The lowest BCUT2D eigenvalue weighted by molar-refractivity contribution is -0.136. The smallest absolute Gasteiger partial charge is 0.251 e. The molecule has 0 aliphatic carbocycles. The number of piperidine rings is 1. The van der Waals surface area contributed by atoms with Gasteiger partial charge < -0.3 is 24.4 Å². The highest BCUT2D eigenvalue weighted by Gasteiger charge is 2.23. The Hall–Kier alpha value is -3.13. The number of aromatic nitrogens is 1. The van der Waals surface area contributed by atoms with Gasteiger partial charge in [0, 0.05) is 44.8 Å². The van der Waals surface area contributed by atoms with Gasteiger partial charge in [0.05, 0.1) is 12.7 Å². The zero-order valence-electron chi connectivity index (χ0n) is 17.1. The predicted molar refractivity (Wildman–Crippen MR) is 111 cm³/mol. The minimum atomic E-state index is -0.165. The van der Waals surface area contributed by atoms with Crippen molar-refractivity contribution in [2.45, 2.75) is 18.9 Å². The molecule has 0 spiro atoms. The highest BCUT2D eigenvalue weighted by molar-refractivity contribution is 5.94. The molecule has 160 valence electrons. The molecule has 0 unspecified atom stereocenters. The number of nitrogens with one attached hydrogen (secondary N) is 1. The van der Waals surface area contributed by atoms with Crippen molar-refractivity contribution in [3.63, 3.8) is 0 Å². The van der Waals surface area contributed by atoms with Gasteiger partial charge in [0.2, 0.25) is 5.91 Å². The maximum atomic E-state index is 12.2. The van der Waals surface area contributed by atoms with Gasteiger partial charge in [-0.05, 0) is 36.4 Å². The van der Waals surface area contributed by atoms with Crippen molar-refractivity contribution in [3.8, 4) is 11.5 Å². The summed E-state index contributed by atoms with van der Waals surface area (Å²) in [5.41, 5.74) is 0.559. The van der Waals surface area contributed by atoms with E-state index < -0.39 is 0 Å². The van der Waals surface area contributed by atoms with Gasteiger partial charge in [-0.15, -0.1) is 0 Å². The van der Waals surface area contributed by atoms with E-state index in [4.69, 9.17) is 14.2 Å². The van der Waals surface area contributed by atoms with E-state index in [-0.39, 0.29) is 24.5 Å². The molecular formula is C22H27N3O5. The van der Waals surface area contributed by atoms with Crippen LogP contribution in [0.15, 0.2) is 48.8 Å². The maximum absolute atomic E-state index is 12.2. The molecule has 1 fully saturated rings. The van der Waals surface area contributed by atoms with E-state index in [9.17, 15) is 9.59 Å². The van der Waals surface area contributed by atoms with Crippen LogP contribution >= 0.6 is 0 Å². The Labute approximate surface area is 176 Å². The van der Waals surface area contributed by atoms with Crippen LogP contribution < -0.4 is 14.8 Å². The lowest BCUT2D eigenvalue weighted by Crippen LogP contribution is -2.43. The Balaban J connectivity index is 1.38. The minimum absolute atomic E-state index is 0.0113. The fourth-order valence-electron chi connectivity index (χ4n) is 3.18. The zero-order chi connectivity index (χ0) is 21.2. The van der Waals surface area contributed by atoms with Gasteiger partial charge in [0.25, 0.3) is 5.91 Å². The molecule has 1 aliphatic rings. The summed E-state index contributed by atoms with van der Waals surface area (Å²) in [6.07, 6.45) is 4.90. The number of rotatable bonds is 9. The normalized spacial score (nSPS) is 14.2. The standard InChI is InChI=1S/C22H27N3O5/c1-28-16-21(26)25-12-8-19(9-13-25)30-18-6-4-17(5-7-18)22(27)24-11-14-29-20-3-2-10-23-15-20/h2-7,10,15,19H,8-9,11-14,16H2,1H3,(H,24,27). The molecule has 2 aromatic rings. The molecule has 1 aromatic carbocycles. The van der Waals surface area contributed by atoms with Crippen LogP contribution in [0.25, 0.3) is 0 Å². The molecule has 1 N–H and O–H groups in total. The van der Waals surface area contributed by atoms with Gasteiger partial charge in [-0.3, -0.25) is 14.6 Å². The number of hydrogen-bond acceptors (Lipinski definition) is 6. The van der Waals surface area contributed by atoms with Gasteiger partial charge >= 0.3 is 0 Å². The second kappa shape index (κ2) is 11.2. The van der Waals surface area contributed by atoms with Crippen LogP contribution in [0.2, 0.25) is 0 Å². The monoisotopic (exact) mass is 413 g/mol. The molecule has 8 nitrogen and oxygen atoms in total. The molecule has 0 saturated carbocycles. The molecule has 8 heteroatoms. The maximum Gasteiger partial charge on any atom is 0.251 e. The Morgan fingerprint density at radius 2 is 1.90 bits per heavy atom. The molecular weight excluding hydrogens is 386 g/mol. The van der Waals surface area contributed by atoms with Crippen LogP contribution in [0, 0.1) is 0 Å². The van der Waals surface area contributed by atoms with Crippen LogP contribution in [0.1, 0.15) is 23.2 Å². The van der Waals surface area contributed by atoms with E-state index in [1.165, 1.54) is 7.11 Å². The number of hydrogen-bond donors (Lipinski definition) is 1. The second-order valence-electron chi connectivity index (χ2n) is 6.95. The molecule has 1 saturated heterocycles. The number of pyridine rings is 1. The number of methoxy groups -OCH3 is 1. The highest BCUT2D eigenvalue weighted by Crippen LogP contribution is 2.20. The molecule has 1 aliphatic heterocycles. The number of nitrogens with zero attached hydrogens (tertiary/aromatic N) is 2. The van der Waals surface area contributed by atoms with Crippen molar-refractivity contribution in [3.05, 3.63) is 54.4 Å². The van der Waals surface area contributed by atoms with Gasteiger partial charge in [-0.2, -0.15) is 0 Å². The van der Waals surface area contributed by atoms with E-state index in [0.717, 1.165) is 12.8 Å². The van der Waals surface area contributed by atoms with Crippen molar-refractivity contribution in [1.82, 2.24) is 15.2 Å². The summed E-state index contributed by atoms with van der Waals surface area (Å²) in [6.45, 7) is 2.20. The van der Waals surface area contributed by atoms with Crippen molar-refractivity contribution in [1.29, 1.82) is 0 Å². The third-order valence-electron chi connectivity index (χ3n) is 4.77. The summed E-state index contributed by atoms with van der Waals surface area (Å²) in [5.74, 6) is 1.23. The summed E-state index contributed by atoms with van der Waals surface area (Å²) in [4.78, 5) is 29.9. The van der Waals surface area contributed by atoms with Crippen molar-refractivity contribution < 1.29 is 23.8 Å². The van der Waals surface area contributed by atoms with Crippen LogP contribution in [-0.2, 0) is 9.53 Å². The fraction of sp³-hybridized carbons (Fsp3) is 0.409. The van der Waals surface area contributed by atoms with Crippen LogP contribution in [0.5, 0.6) is 11.5 Å². The van der Waals surface area contributed by atoms with Crippen LogP contribution in [0.3, 0.4) is 0 Å². The van der Waals surface area contributed by atoms with Gasteiger partial charge in [0.1, 0.15) is 30.8 Å². The molecule has 30 heavy (non-hydrogen) atoms. The highest BCUT2D eigenvalue weighted by atomic mass is 16.5. The Morgan fingerprint density at radius 1 is 1.13 bits per heavy atom. The summed E-state index contributed by atoms with van der Waals surface area (Å²) < 4.78 is 16.4. The molecule has 0 radical (unpaired) electrons. The molecule has 1 aromatic heterocycles. The first-order valence-corrected chi connectivity index (χ1v) is 10.00. The number of carbonyl (C=O) groups excluding carboxylic acids is 2. The van der Waals surface area contributed by atoms with E-state index in [2.05, 4.69) is 10.3 Å². The first-order valence-electron chi connectivity index (χ1n) is 10.00. The summed E-state index contributed by atoms with van der Waals surface area (Å²) >= 11 is 0. The van der Waals surface area contributed by atoms with Gasteiger partial charge in [0.15, 0.2) is 0 Å². The largest absolute Gasteiger partial charge is 0.490 e. The van der Waals surface area contributed by atoms with E-state index in [0.29, 0.717) is 43.3 Å².